The van der Waals surface area contributed by atoms with E-state index in [0.717, 1.165) is 17.4 Å². The van der Waals surface area contributed by atoms with Crippen molar-refractivity contribution in [2.45, 2.75) is 19.4 Å². The number of aryl methyl sites for hydroxylation is 1. The van der Waals surface area contributed by atoms with Crippen molar-refractivity contribution >= 4 is 45.3 Å². The minimum atomic E-state index is -0.265. The summed E-state index contributed by atoms with van der Waals surface area (Å²) in [5, 5.41) is 5.56. The zero-order chi connectivity index (χ0) is 25.1. The van der Waals surface area contributed by atoms with Gasteiger partial charge in [0.1, 0.15) is 16.5 Å². The molecule has 1 saturated heterocycles. The number of hydrogen-bond donors (Lipinski definition) is 2. The van der Waals surface area contributed by atoms with Crippen molar-refractivity contribution in [3.8, 4) is 22.6 Å². The first-order valence-corrected chi connectivity index (χ1v) is 12.6. The molecule has 0 radical (unpaired) electrons. The van der Waals surface area contributed by atoms with Gasteiger partial charge in [0.2, 0.25) is 5.91 Å². The van der Waals surface area contributed by atoms with Gasteiger partial charge in [-0.3, -0.25) is 19.3 Å². The minimum absolute atomic E-state index is 0.0942. The number of hydrogen-bond acceptors (Lipinski definition) is 7. The lowest BCUT2D eigenvalue weighted by Crippen LogP contribution is -2.35. The van der Waals surface area contributed by atoms with Crippen LogP contribution in [0.2, 0.25) is 5.15 Å². The van der Waals surface area contributed by atoms with Crippen molar-refractivity contribution in [2.75, 3.05) is 31.1 Å². The second-order valence-electron chi connectivity index (χ2n) is 9.35. The van der Waals surface area contributed by atoms with Crippen LogP contribution < -0.4 is 10.5 Å². The maximum atomic E-state index is 13.1. The molecule has 0 unspecified atom stereocenters. The van der Waals surface area contributed by atoms with Crippen LogP contribution in [0.25, 0.3) is 44.6 Å². The fourth-order valence-electron chi connectivity index (χ4n) is 5.20. The molecular weight excluding hydrogens is 494 g/mol. The number of carbonyl (C=O) groups is 1. The Morgan fingerprint density at radius 2 is 1.81 bits per heavy atom. The number of anilines is 1. The molecule has 7 rings (SSSR count). The molecule has 5 aromatic rings. The van der Waals surface area contributed by atoms with Crippen molar-refractivity contribution in [1.82, 2.24) is 39.6 Å². The molecule has 0 aromatic carbocycles. The molecule has 8 bridgehead atoms. The average molecular weight is 516 g/mol. The predicted octanol–water partition coefficient (Wildman–Crippen LogP) is 2.82. The van der Waals surface area contributed by atoms with E-state index < -0.39 is 0 Å². The SMILES string of the molecule is O=C1CCn2cc(cn2)-c2nccc3[nH]c(=O)c(cc23)-c2nc3c(nc(Cl)cc3[nH]2)N2CCCN1CC2. The van der Waals surface area contributed by atoms with Crippen LogP contribution in [0.15, 0.2) is 41.6 Å². The number of fused-ring (bicyclic) bond motifs is 10. The largest absolute Gasteiger partial charge is 0.353 e. The number of aromatic amines is 2. The molecular formula is C25H22ClN9O2. The zero-order valence-corrected chi connectivity index (χ0v) is 20.5. The van der Waals surface area contributed by atoms with E-state index in [2.05, 4.69) is 29.9 Å². The standard InChI is InChI=1S/C25H22ClN9O2/c26-19-11-18-22-24(31-19)34-6-1-5-33(8-9-34)20(36)3-7-35-13-14(12-28-35)21-15-10-16(23(29-18)32-22)25(37)30-17(15)2-4-27-21/h2,4,10-13H,1,3,5-9H2,(H,29,32)(H,30,37). The predicted molar refractivity (Wildman–Crippen MR) is 140 cm³/mol. The number of pyridine rings is 3. The van der Waals surface area contributed by atoms with Crippen molar-refractivity contribution < 1.29 is 4.79 Å². The number of nitrogens with zero attached hydrogens (tertiary/aromatic N) is 7. The summed E-state index contributed by atoms with van der Waals surface area (Å²) in [5.41, 5.74) is 3.58. The Hall–Kier alpha value is -4.25. The first-order chi connectivity index (χ1) is 18.0. The fourth-order valence-corrected chi connectivity index (χ4v) is 5.39. The van der Waals surface area contributed by atoms with E-state index in [4.69, 9.17) is 16.6 Å². The van der Waals surface area contributed by atoms with Gasteiger partial charge in [0.15, 0.2) is 5.82 Å². The van der Waals surface area contributed by atoms with Crippen LogP contribution in [0.5, 0.6) is 0 Å². The van der Waals surface area contributed by atoms with E-state index in [9.17, 15) is 9.59 Å². The molecule has 7 heterocycles. The normalized spacial score (nSPS) is 16.1. The molecule has 2 N–H and O–H groups in total. The van der Waals surface area contributed by atoms with Crippen molar-refractivity contribution in [3.63, 3.8) is 0 Å². The summed E-state index contributed by atoms with van der Waals surface area (Å²) < 4.78 is 1.76. The highest BCUT2D eigenvalue weighted by atomic mass is 35.5. The maximum Gasteiger partial charge on any atom is 0.259 e. The number of halogens is 1. The van der Waals surface area contributed by atoms with Crippen LogP contribution in [0.4, 0.5) is 5.82 Å². The van der Waals surface area contributed by atoms with Crippen molar-refractivity contribution in [1.29, 1.82) is 0 Å². The molecule has 2 aliphatic rings. The highest BCUT2D eigenvalue weighted by Gasteiger charge is 2.24. The number of H-pyrrole nitrogens is 2. The number of nitrogens with one attached hydrogen (secondary N) is 2. The number of imidazole rings is 1. The van der Waals surface area contributed by atoms with Gasteiger partial charge in [-0.25, -0.2) is 9.97 Å². The van der Waals surface area contributed by atoms with E-state index in [-0.39, 0.29) is 11.5 Å². The summed E-state index contributed by atoms with van der Waals surface area (Å²) in [6, 6.07) is 5.28. The van der Waals surface area contributed by atoms with Crippen LogP contribution in [0.3, 0.4) is 0 Å². The summed E-state index contributed by atoms with van der Waals surface area (Å²) in [7, 11) is 0. The Morgan fingerprint density at radius 3 is 2.73 bits per heavy atom. The van der Waals surface area contributed by atoms with Gasteiger partial charge in [0, 0.05) is 68.6 Å². The highest BCUT2D eigenvalue weighted by molar-refractivity contribution is 6.30. The van der Waals surface area contributed by atoms with Gasteiger partial charge in [0.25, 0.3) is 5.56 Å². The maximum absolute atomic E-state index is 13.1. The number of amides is 1. The van der Waals surface area contributed by atoms with Gasteiger partial charge in [-0.15, -0.1) is 0 Å². The molecule has 1 fully saturated rings. The van der Waals surface area contributed by atoms with Crippen LogP contribution in [-0.2, 0) is 11.3 Å². The quantitative estimate of drug-likeness (QED) is 0.303. The van der Waals surface area contributed by atoms with Gasteiger partial charge >= 0.3 is 0 Å². The Bertz CT molecular complexity index is 1750. The molecule has 0 atom stereocenters. The molecule has 12 heteroatoms. The van der Waals surface area contributed by atoms with E-state index in [1.54, 1.807) is 35.3 Å². The van der Waals surface area contributed by atoms with Crippen molar-refractivity contribution in [3.05, 3.63) is 52.3 Å². The third kappa shape index (κ3) is 3.73. The van der Waals surface area contributed by atoms with E-state index >= 15 is 0 Å². The highest BCUT2D eigenvalue weighted by Crippen LogP contribution is 2.31. The fraction of sp³-hybridized carbons (Fsp3) is 0.280. The Labute approximate surface area is 215 Å². The zero-order valence-electron chi connectivity index (χ0n) is 19.7. The second kappa shape index (κ2) is 8.41. The lowest BCUT2D eigenvalue weighted by molar-refractivity contribution is -0.131. The molecule has 37 heavy (non-hydrogen) atoms. The molecule has 0 aliphatic carbocycles. The monoisotopic (exact) mass is 515 g/mol. The van der Waals surface area contributed by atoms with Crippen LogP contribution in [0.1, 0.15) is 12.8 Å². The molecule has 11 nitrogen and oxygen atoms in total. The molecule has 0 saturated carbocycles. The van der Waals surface area contributed by atoms with Gasteiger partial charge in [0.05, 0.1) is 28.5 Å². The number of rotatable bonds is 0. The summed E-state index contributed by atoms with van der Waals surface area (Å²) >= 11 is 6.40. The van der Waals surface area contributed by atoms with Crippen LogP contribution in [0, 0.1) is 0 Å². The lowest BCUT2D eigenvalue weighted by atomic mass is 10.1. The Morgan fingerprint density at radius 1 is 0.946 bits per heavy atom. The summed E-state index contributed by atoms with van der Waals surface area (Å²) in [6.07, 6.45) is 6.42. The van der Waals surface area contributed by atoms with E-state index in [1.807, 2.05) is 11.1 Å². The molecule has 186 valence electrons. The average Bonchev–Trinajstić information content (AvgIpc) is 3.45. The minimum Gasteiger partial charge on any atom is -0.353 e. The van der Waals surface area contributed by atoms with E-state index in [0.29, 0.717) is 83.7 Å². The first kappa shape index (κ1) is 22.0. The van der Waals surface area contributed by atoms with Gasteiger partial charge < -0.3 is 19.8 Å². The summed E-state index contributed by atoms with van der Waals surface area (Å²) in [4.78, 5) is 50.4. The van der Waals surface area contributed by atoms with E-state index in [1.165, 1.54) is 0 Å². The van der Waals surface area contributed by atoms with Gasteiger partial charge in [-0.1, -0.05) is 11.6 Å². The van der Waals surface area contributed by atoms with Gasteiger partial charge in [-0.05, 0) is 18.6 Å². The molecule has 1 amide bonds. The van der Waals surface area contributed by atoms with Crippen LogP contribution in [-0.4, -0.2) is 71.7 Å². The third-order valence-electron chi connectivity index (χ3n) is 7.06. The summed E-state index contributed by atoms with van der Waals surface area (Å²) in [6.45, 7) is 3.03. The Kier molecular flexibility index (Phi) is 5.00. The molecule has 2 aliphatic heterocycles. The molecule has 0 spiro atoms. The number of aromatic nitrogens is 7. The Balaban J connectivity index is 1.47. The summed E-state index contributed by atoms with van der Waals surface area (Å²) in [5.74, 6) is 1.15. The number of carbonyl (C=O) groups excluding carboxylic acids is 1. The van der Waals surface area contributed by atoms with Gasteiger partial charge in [-0.2, -0.15) is 5.10 Å². The third-order valence-corrected chi connectivity index (χ3v) is 7.25. The molecule has 5 aromatic heterocycles. The van der Waals surface area contributed by atoms with Crippen molar-refractivity contribution in [2.24, 2.45) is 0 Å². The van der Waals surface area contributed by atoms with Crippen LogP contribution >= 0.6 is 11.6 Å². The first-order valence-electron chi connectivity index (χ1n) is 12.2. The topological polar surface area (TPSA) is 129 Å². The second-order valence-corrected chi connectivity index (χ2v) is 9.73. The smallest absolute Gasteiger partial charge is 0.259 e. The lowest BCUT2D eigenvalue weighted by Gasteiger charge is -2.23.